The highest BCUT2D eigenvalue weighted by Crippen LogP contribution is 2.21. The van der Waals surface area contributed by atoms with Gasteiger partial charge in [-0.25, -0.2) is 4.39 Å². The van der Waals surface area contributed by atoms with Crippen molar-refractivity contribution in [2.45, 2.75) is 6.04 Å². The molecule has 1 fully saturated rings. The van der Waals surface area contributed by atoms with Gasteiger partial charge in [0.2, 0.25) is 5.91 Å². The maximum absolute atomic E-state index is 13.0. The van der Waals surface area contributed by atoms with Crippen molar-refractivity contribution < 1.29 is 13.9 Å². The highest BCUT2D eigenvalue weighted by atomic mass is 19.1. The van der Waals surface area contributed by atoms with E-state index in [0.717, 1.165) is 18.7 Å². The van der Waals surface area contributed by atoms with Crippen LogP contribution in [0.5, 0.6) is 0 Å². The molecule has 1 unspecified atom stereocenters. The maximum Gasteiger partial charge on any atom is 0.243 e. The molecule has 1 aliphatic rings. The number of hydrogen-bond donors (Lipinski definition) is 1. The zero-order chi connectivity index (χ0) is 14.4. The molecule has 4 nitrogen and oxygen atoms in total. The van der Waals surface area contributed by atoms with Crippen molar-refractivity contribution in [1.82, 2.24) is 10.2 Å². The zero-order valence-corrected chi connectivity index (χ0v) is 11.3. The summed E-state index contributed by atoms with van der Waals surface area (Å²) < 4.78 is 18.4. The minimum absolute atomic E-state index is 0.0170. The normalized spacial score (nSPS) is 17.4. The fraction of sp³-hybridized carbons (Fsp3) is 0.400. The van der Waals surface area contributed by atoms with E-state index < -0.39 is 0 Å². The second kappa shape index (κ2) is 7.17. The summed E-state index contributed by atoms with van der Waals surface area (Å²) in [4.78, 5) is 13.6. The highest BCUT2D eigenvalue weighted by Gasteiger charge is 2.22. The van der Waals surface area contributed by atoms with Crippen molar-refractivity contribution in [2.24, 2.45) is 0 Å². The van der Waals surface area contributed by atoms with Gasteiger partial charge in [-0.05, 0) is 23.8 Å². The number of carbonyl (C=O) groups is 1. The van der Waals surface area contributed by atoms with Gasteiger partial charge in [0.25, 0.3) is 0 Å². The molecule has 1 saturated heterocycles. The molecule has 1 N–H and O–H groups in total. The van der Waals surface area contributed by atoms with Crippen molar-refractivity contribution in [3.05, 3.63) is 48.3 Å². The van der Waals surface area contributed by atoms with Crippen molar-refractivity contribution in [3.63, 3.8) is 0 Å². The molecule has 0 radical (unpaired) electrons. The second-order valence-corrected chi connectivity index (χ2v) is 4.66. The van der Waals surface area contributed by atoms with Crippen molar-refractivity contribution in [2.75, 3.05) is 32.8 Å². The number of nitrogens with one attached hydrogen (secondary N) is 1. The first-order valence-corrected chi connectivity index (χ1v) is 6.68. The van der Waals surface area contributed by atoms with Crippen LogP contribution >= 0.6 is 0 Å². The van der Waals surface area contributed by atoms with Gasteiger partial charge in [0, 0.05) is 19.6 Å². The predicted molar refractivity (Wildman–Crippen MR) is 74.7 cm³/mol. The van der Waals surface area contributed by atoms with Crippen LogP contribution in [0.4, 0.5) is 4.39 Å². The van der Waals surface area contributed by atoms with Crippen LogP contribution in [0.25, 0.3) is 0 Å². The molecule has 108 valence electrons. The molecule has 1 aliphatic heterocycles. The summed E-state index contributed by atoms with van der Waals surface area (Å²) in [7, 11) is 0. The summed E-state index contributed by atoms with van der Waals surface area (Å²) in [6.07, 6.45) is 1.25. The Kier molecular flexibility index (Phi) is 5.26. The first-order valence-electron chi connectivity index (χ1n) is 6.68. The Bertz CT molecular complexity index is 455. The Morgan fingerprint density at radius 3 is 2.65 bits per heavy atom. The van der Waals surface area contributed by atoms with Crippen LogP contribution in [0, 0.1) is 5.82 Å². The molecule has 1 aromatic rings. The van der Waals surface area contributed by atoms with E-state index in [2.05, 4.69) is 16.8 Å². The Morgan fingerprint density at radius 1 is 1.40 bits per heavy atom. The van der Waals surface area contributed by atoms with Gasteiger partial charge in [0.1, 0.15) is 5.82 Å². The fourth-order valence-electron chi connectivity index (χ4n) is 2.30. The molecule has 1 heterocycles. The van der Waals surface area contributed by atoms with E-state index >= 15 is 0 Å². The average molecular weight is 278 g/mol. The van der Waals surface area contributed by atoms with E-state index in [9.17, 15) is 9.18 Å². The van der Waals surface area contributed by atoms with Crippen LogP contribution < -0.4 is 5.32 Å². The van der Waals surface area contributed by atoms with Crippen LogP contribution in [0.1, 0.15) is 11.6 Å². The maximum atomic E-state index is 13.0. The minimum Gasteiger partial charge on any atom is -0.379 e. The molecule has 2 rings (SSSR count). The molecule has 5 heteroatoms. The predicted octanol–water partition coefficient (Wildman–Crippen LogP) is 1.50. The average Bonchev–Trinajstić information content (AvgIpc) is 2.50. The number of benzene rings is 1. The molecule has 20 heavy (non-hydrogen) atoms. The third-order valence-electron chi connectivity index (χ3n) is 3.40. The van der Waals surface area contributed by atoms with Gasteiger partial charge in [-0.3, -0.25) is 9.69 Å². The summed E-state index contributed by atoms with van der Waals surface area (Å²) in [6, 6.07) is 6.42. The Hall–Kier alpha value is -1.72. The minimum atomic E-state index is -0.260. The summed E-state index contributed by atoms with van der Waals surface area (Å²) in [6.45, 7) is 6.85. The number of rotatable bonds is 5. The zero-order valence-electron chi connectivity index (χ0n) is 11.3. The van der Waals surface area contributed by atoms with Gasteiger partial charge in [-0.15, -0.1) is 0 Å². The standard InChI is InChI=1S/C15H19FN2O2/c1-2-15(19)17-11-14(18-7-9-20-10-8-18)12-3-5-13(16)6-4-12/h2-6,14H,1,7-11H2,(H,17,19). The molecule has 0 aliphatic carbocycles. The van der Waals surface area contributed by atoms with Gasteiger partial charge < -0.3 is 10.1 Å². The van der Waals surface area contributed by atoms with Crippen molar-refractivity contribution >= 4 is 5.91 Å². The van der Waals surface area contributed by atoms with E-state index in [1.807, 2.05) is 0 Å². The number of hydrogen-bond acceptors (Lipinski definition) is 3. The lowest BCUT2D eigenvalue weighted by Crippen LogP contribution is -2.43. The highest BCUT2D eigenvalue weighted by molar-refractivity contribution is 5.86. The van der Waals surface area contributed by atoms with Crippen molar-refractivity contribution in [1.29, 1.82) is 0 Å². The van der Waals surface area contributed by atoms with Gasteiger partial charge in [-0.1, -0.05) is 18.7 Å². The Labute approximate surface area is 118 Å². The fourth-order valence-corrected chi connectivity index (χ4v) is 2.30. The first kappa shape index (κ1) is 14.7. The quantitative estimate of drug-likeness (QED) is 0.830. The van der Waals surface area contributed by atoms with E-state index in [-0.39, 0.29) is 17.8 Å². The van der Waals surface area contributed by atoms with Crippen molar-refractivity contribution in [3.8, 4) is 0 Å². The molecule has 0 aromatic heterocycles. The SMILES string of the molecule is C=CC(=O)NCC(c1ccc(F)cc1)N1CCOCC1. The van der Waals surface area contributed by atoms with Crippen LogP contribution in [-0.2, 0) is 9.53 Å². The number of halogens is 1. The van der Waals surface area contributed by atoms with E-state index in [0.29, 0.717) is 19.8 Å². The summed E-state index contributed by atoms with van der Waals surface area (Å²) in [5.41, 5.74) is 0.984. The molecule has 0 saturated carbocycles. The van der Waals surface area contributed by atoms with Crippen LogP contribution in [0.3, 0.4) is 0 Å². The van der Waals surface area contributed by atoms with Crippen LogP contribution in [0.2, 0.25) is 0 Å². The lowest BCUT2D eigenvalue weighted by atomic mass is 10.0. The summed E-state index contributed by atoms with van der Waals surface area (Å²) in [5.74, 6) is -0.463. The number of carbonyl (C=O) groups excluding carboxylic acids is 1. The molecule has 0 spiro atoms. The second-order valence-electron chi connectivity index (χ2n) is 4.66. The number of morpholine rings is 1. The largest absolute Gasteiger partial charge is 0.379 e. The molecule has 1 atom stereocenters. The van der Waals surface area contributed by atoms with Crippen LogP contribution in [0.15, 0.2) is 36.9 Å². The van der Waals surface area contributed by atoms with Gasteiger partial charge in [0.15, 0.2) is 0 Å². The third-order valence-corrected chi connectivity index (χ3v) is 3.40. The number of ether oxygens (including phenoxy) is 1. The molecule has 1 amide bonds. The lowest BCUT2D eigenvalue weighted by Gasteiger charge is -2.34. The van der Waals surface area contributed by atoms with Gasteiger partial charge in [0.05, 0.1) is 19.3 Å². The van der Waals surface area contributed by atoms with E-state index in [1.165, 1.54) is 18.2 Å². The smallest absolute Gasteiger partial charge is 0.243 e. The summed E-state index contributed by atoms with van der Waals surface area (Å²) >= 11 is 0. The number of nitrogens with zero attached hydrogens (tertiary/aromatic N) is 1. The van der Waals surface area contributed by atoms with Gasteiger partial charge in [-0.2, -0.15) is 0 Å². The summed E-state index contributed by atoms with van der Waals surface area (Å²) in [5, 5.41) is 2.81. The topological polar surface area (TPSA) is 41.6 Å². The molecular weight excluding hydrogens is 259 g/mol. The van der Waals surface area contributed by atoms with Gasteiger partial charge >= 0.3 is 0 Å². The Morgan fingerprint density at radius 2 is 2.05 bits per heavy atom. The third kappa shape index (κ3) is 3.88. The first-order chi connectivity index (χ1) is 9.70. The molecular formula is C15H19FN2O2. The molecule has 0 bridgehead atoms. The Balaban J connectivity index is 2.11. The van der Waals surface area contributed by atoms with E-state index in [1.54, 1.807) is 12.1 Å². The molecule has 1 aromatic carbocycles. The van der Waals surface area contributed by atoms with E-state index in [4.69, 9.17) is 4.74 Å². The lowest BCUT2D eigenvalue weighted by molar-refractivity contribution is -0.116. The monoisotopic (exact) mass is 278 g/mol. The van der Waals surface area contributed by atoms with Crippen LogP contribution in [-0.4, -0.2) is 43.7 Å². The number of amides is 1.